The maximum absolute atomic E-state index is 9.66. The molecule has 0 radical (unpaired) electrons. The van der Waals surface area contributed by atoms with Crippen molar-refractivity contribution >= 4 is 22.4 Å². The van der Waals surface area contributed by atoms with E-state index in [0.717, 1.165) is 10.8 Å². The Balaban J connectivity index is 2.22. The van der Waals surface area contributed by atoms with Crippen molar-refractivity contribution in [1.82, 2.24) is 0 Å². The molecule has 2 aromatic rings. The lowest BCUT2D eigenvalue weighted by molar-refractivity contribution is 0.104. The normalized spacial score (nSPS) is 13.8. The summed E-state index contributed by atoms with van der Waals surface area (Å²) in [6.07, 6.45) is 0.297. The number of hydrogen-bond donors (Lipinski definition) is 2. The maximum Gasteiger partial charge on any atom is 0.145 e. The van der Waals surface area contributed by atoms with Gasteiger partial charge in [-0.25, -0.2) is 0 Å². The Morgan fingerprint density at radius 2 is 1.61 bits per heavy atom. The van der Waals surface area contributed by atoms with Gasteiger partial charge in [0.2, 0.25) is 0 Å². The fourth-order valence-corrected chi connectivity index (χ4v) is 2.32. The molecular formula is C18H23ClO4. The Morgan fingerprint density at radius 1 is 0.957 bits per heavy atom. The fraction of sp³-hybridized carbons (Fsp3) is 0.444. The minimum Gasteiger partial charge on any atom is -0.491 e. The molecule has 23 heavy (non-hydrogen) atoms. The van der Waals surface area contributed by atoms with E-state index in [-0.39, 0.29) is 13.2 Å². The molecule has 0 aromatic heterocycles. The summed E-state index contributed by atoms with van der Waals surface area (Å²) in [5.74, 6) is 1.25. The zero-order valence-electron chi connectivity index (χ0n) is 13.5. The van der Waals surface area contributed by atoms with E-state index in [9.17, 15) is 10.2 Å². The molecular weight excluding hydrogens is 316 g/mol. The third-order valence-electron chi connectivity index (χ3n) is 3.70. The Hall–Kier alpha value is -1.49. The number of hydrogen-bond acceptors (Lipinski definition) is 4. The van der Waals surface area contributed by atoms with Crippen LogP contribution in [0.3, 0.4) is 0 Å². The lowest BCUT2D eigenvalue weighted by Gasteiger charge is -2.15. The topological polar surface area (TPSA) is 58.9 Å². The Labute approximate surface area is 141 Å². The number of halogens is 1. The molecule has 2 aromatic carbocycles. The van der Waals surface area contributed by atoms with Gasteiger partial charge in [0, 0.05) is 5.39 Å². The van der Waals surface area contributed by atoms with Crippen LogP contribution in [0.1, 0.15) is 26.7 Å². The van der Waals surface area contributed by atoms with Crippen LogP contribution in [0.15, 0.2) is 30.3 Å². The van der Waals surface area contributed by atoms with Gasteiger partial charge in [-0.15, -0.1) is 0 Å². The van der Waals surface area contributed by atoms with Gasteiger partial charge in [0.25, 0.3) is 0 Å². The molecule has 0 fully saturated rings. The second-order valence-corrected chi connectivity index (χ2v) is 5.91. The van der Waals surface area contributed by atoms with Crippen molar-refractivity contribution in [2.24, 2.45) is 0 Å². The highest BCUT2D eigenvalue weighted by Crippen LogP contribution is 2.35. The molecule has 5 heteroatoms. The molecule has 0 saturated carbocycles. The van der Waals surface area contributed by atoms with Crippen LogP contribution in [0.25, 0.3) is 10.8 Å². The first-order valence-electron chi connectivity index (χ1n) is 7.89. The van der Waals surface area contributed by atoms with Crippen LogP contribution in [0.2, 0.25) is 5.02 Å². The quantitative estimate of drug-likeness (QED) is 0.768. The van der Waals surface area contributed by atoms with Gasteiger partial charge >= 0.3 is 0 Å². The number of aliphatic hydroxyl groups excluding tert-OH is 2. The molecule has 2 rings (SSSR count). The van der Waals surface area contributed by atoms with E-state index in [2.05, 4.69) is 0 Å². The predicted octanol–water partition coefficient (Wildman–Crippen LogP) is 3.79. The summed E-state index contributed by atoms with van der Waals surface area (Å²) in [6.45, 7) is 4.27. The van der Waals surface area contributed by atoms with E-state index in [1.807, 2.05) is 38.1 Å². The van der Waals surface area contributed by atoms with Crippen LogP contribution in [-0.2, 0) is 0 Å². The molecule has 0 aliphatic heterocycles. The third-order valence-corrected chi connectivity index (χ3v) is 4.00. The van der Waals surface area contributed by atoms with Crippen LogP contribution in [0.4, 0.5) is 0 Å². The zero-order chi connectivity index (χ0) is 16.8. The molecule has 0 aliphatic rings. The number of aliphatic hydroxyl groups is 2. The van der Waals surface area contributed by atoms with Crippen molar-refractivity contribution in [1.29, 1.82) is 0 Å². The van der Waals surface area contributed by atoms with Crippen LogP contribution in [0, 0.1) is 0 Å². The highest BCUT2D eigenvalue weighted by atomic mass is 35.5. The monoisotopic (exact) mass is 338 g/mol. The predicted molar refractivity (Wildman–Crippen MR) is 92.5 cm³/mol. The van der Waals surface area contributed by atoms with Crippen LogP contribution >= 0.6 is 11.6 Å². The number of fused-ring (bicyclic) bond motifs is 1. The third kappa shape index (κ3) is 4.74. The van der Waals surface area contributed by atoms with Gasteiger partial charge in [0.05, 0.1) is 17.2 Å². The molecule has 0 saturated heterocycles. The molecule has 0 aliphatic carbocycles. The Kier molecular flexibility index (Phi) is 6.51. The van der Waals surface area contributed by atoms with Crippen molar-refractivity contribution in [3.05, 3.63) is 35.4 Å². The molecule has 126 valence electrons. The van der Waals surface area contributed by atoms with E-state index in [4.69, 9.17) is 21.1 Å². The van der Waals surface area contributed by atoms with E-state index < -0.39 is 12.2 Å². The molecule has 0 spiro atoms. The molecule has 2 unspecified atom stereocenters. The second kappa shape index (κ2) is 8.39. The van der Waals surface area contributed by atoms with Gasteiger partial charge in [-0.1, -0.05) is 31.5 Å². The summed E-state index contributed by atoms with van der Waals surface area (Å²) < 4.78 is 11.3. The SMILES string of the molecule is CCC(O)COc1ccc2c(OCC(O)CC)c(Cl)ccc2c1. The maximum atomic E-state index is 9.66. The number of rotatable bonds is 8. The highest BCUT2D eigenvalue weighted by Gasteiger charge is 2.11. The van der Waals surface area contributed by atoms with E-state index in [1.165, 1.54) is 0 Å². The molecule has 0 amide bonds. The van der Waals surface area contributed by atoms with Gasteiger partial charge < -0.3 is 19.7 Å². The zero-order valence-corrected chi connectivity index (χ0v) is 14.2. The first kappa shape index (κ1) is 17.9. The van der Waals surface area contributed by atoms with Crippen molar-refractivity contribution in [2.45, 2.75) is 38.9 Å². The van der Waals surface area contributed by atoms with Crippen LogP contribution in [0.5, 0.6) is 11.5 Å². The van der Waals surface area contributed by atoms with Gasteiger partial charge in [-0.2, -0.15) is 0 Å². The summed E-state index contributed by atoms with van der Waals surface area (Å²) >= 11 is 6.22. The van der Waals surface area contributed by atoms with Crippen molar-refractivity contribution < 1.29 is 19.7 Å². The molecule has 2 N–H and O–H groups in total. The minimum absolute atomic E-state index is 0.205. The summed E-state index contributed by atoms with van der Waals surface area (Å²) in [6, 6.07) is 9.25. The lowest BCUT2D eigenvalue weighted by Crippen LogP contribution is -2.16. The van der Waals surface area contributed by atoms with Crippen LogP contribution < -0.4 is 9.47 Å². The minimum atomic E-state index is -0.514. The summed E-state index contributed by atoms with van der Waals surface area (Å²) in [5.41, 5.74) is 0. The summed E-state index contributed by atoms with van der Waals surface area (Å²) in [7, 11) is 0. The van der Waals surface area contributed by atoms with E-state index in [1.54, 1.807) is 6.07 Å². The molecule has 2 atom stereocenters. The molecule has 4 nitrogen and oxygen atoms in total. The average Bonchev–Trinajstić information content (AvgIpc) is 2.58. The van der Waals surface area contributed by atoms with Crippen molar-refractivity contribution in [3.63, 3.8) is 0 Å². The van der Waals surface area contributed by atoms with Gasteiger partial charge in [0.1, 0.15) is 24.7 Å². The van der Waals surface area contributed by atoms with Gasteiger partial charge in [0.15, 0.2) is 0 Å². The first-order valence-corrected chi connectivity index (χ1v) is 8.26. The van der Waals surface area contributed by atoms with E-state index >= 15 is 0 Å². The van der Waals surface area contributed by atoms with Crippen molar-refractivity contribution in [2.75, 3.05) is 13.2 Å². The largest absolute Gasteiger partial charge is 0.491 e. The molecule has 0 bridgehead atoms. The van der Waals surface area contributed by atoms with Crippen LogP contribution in [-0.4, -0.2) is 35.6 Å². The van der Waals surface area contributed by atoms with Gasteiger partial charge in [-0.05, 0) is 42.5 Å². The Bertz CT molecular complexity index is 644. The second-order valence-electron chi connectivity index (χ2n) is 5.51. The number of benzene rings is 2. The fourth-order valence-electron chi connectivity index (χ4n) is 2.10. The highest BCUT2D eigenvalue weighted by molar-refractivity contribution is 6.33. The standard InChI is InChI=1S/C18H23ClO4/c1-3-13(20)10-22-15-6-7-16-12(9-15)5-8-17(19)18(16)23-11-14(21)4-2/h5-9,13-14,20-21H,3-4,10-11H2,1-2H3. The smallest absolute Gasteiger partial charge is 0.145 e. The Morgan fingerprint density at radius 3 is 2.26 bits per heavy atom. The average molecular weight is 339 g/mol. The summed E-state index contributed by atoms with van der Waals surface area (Å²) in [4.78, 5) is 0. The van der Waals surface area contributed by atoms with E-state index in [0.29, 0.717) is 29.4 Å². The van der Waals surface area contributed by atoms with Gasteiger partial charge in [-0.3, -0.25) is 0 Å². The summed E-state index contributed by atoms with van der Waals surface area (Å²) in [5, 5.41) is 21.5. The lowest BCUT2D eigenvalue weighted by atomic mass is 10.1. The van der Waals surface area contributed by atoms with Crippen molar-refractivity contribution in [3.8, 4) is 11.5 Å². The first-order chi connectivity index (χ1) is 11.0. The molecule has 0 heterocycles. The number of ether oxygens (including phenoxy) is 2.